The molecule has 2 rings (SSSR count). The van der Waals surface area contributed by atoms with Gasteiger partial charge in [-0.2, -0.15) is 0 Å². The Morgan fingerprint density at radius 2 is 1.14 bits per heavy atom. The average molecular weight is 399 g/mol. The molecule has 0 fully saturated rings. The minimum absolute atomic E-state index is 0.974. The van der Waals surface area contributed by atoms with Gasteiger partial charge in [0, 0.05) is 19.8 Å². The van der Waals surface area contributed by atoms with Gasteiger partial charge in [0.25, 0.3) is 0 Å². The maximum atomic E-state index is 8.00. The highest BCUT2D eigenvalue weighted by atomic mass is 16.2. The molecule has 0 saturated heterocycles. The first-order valence-electron chi connectivity index (χ1n) is 10.3. The van der Waals surface area contributed by atoms with Gasteiger partial charge in [0.05, 0.1) is 5.69 Å². The maximum absolute atomic E-state index is 8.00. The van der Waals surface area contributed by atoms with Gasteiger partial charge in [-0.05, 0) is 72.2 Å². The Hall–Kier alpha value is -2.46. The van der Waals surface area contributed by atoms with E-state index in [0.717, 1.165) is 44.9 Å². The van der Waals surface area contributed by atoms with Crippen LogP contribution in [-0.4, -0.2) is 32.8 Å². The predicted octanol–water partition coefficient (Wildman–Crippen LogP) is 5.32. The molecule has 4 nitrogen and oxygen atoms in total. The molecule has 0 aliphatic rings. The van der Waals surface area contributed by atoms with E-state index in [1.807, 2.05) is 13.8 Å². The molecule has 2 aromatic carbocycles. The summed E-state index contributed by atoms with van der Waals surface area (Å²) in [5.41, 5.74) is 10.6. The first-order chi connectivity index (χ1) is 14.1. The monoisotopic (exact) mass is 398 g/mol. The molecule has 0 aliphatic carbocycles. The zero-order chi connectivity index (χ0) is 22.4. The molecule has 2 N–H and O–H groups in total. The molecule has 0 radical (unpaired) electrons. The third-order valence-electron chi connectivity index (χ3n) is 5.03. The molecule has 0 heterocycles. The molecule has 0 saturated carbocycles. The van der Waals surface area contributed by atoms with E-state index in [4.69, 9.17) is 9.90 Å². The number of carbonyl (C=O) groups is 1. The fraction of sp³-hybridized carbons (Fsp3) is 0.440. The van der Waals surface area contributed by atoms with Crippen LogP contribution in [0.25, 0.3) is 0 Å². The number of hydrogen-bond donors (Lipinski definition) is 2. The Labute approximate surface area is 177 Å². The number of hydrogen-bond acceptors (Lipinski definition) is 4. The summed E-state index contributed by atoms with van der Waals surface area (Å²) >= 11 is 0. The van der Waals surface area contributed by atoms with Crippen molar-refractivity contribution in [2.24, 2.45) is 4.99 Å². The van der Waals surface area contributed by atoms with Gasteiger partial charge in [-0.3, -0.25) is 4.99 Å². The average Bonchev–Trinajstić information content (AvgIpc) is 2.80. The van der Waals surface area contributed by atoms with Gasteiger partial charge in [-0.15, -0.1) is 0 Å². The van der Waals surface area contributed by atoms with Crippen LogP contribution < -0.4 is 5.32 Å². The van der Waals surface area contributed by atoms with Gasteiger partial charge in [-0.25, -0.2) is 0 Å². The van der Waals surface area contributed by atoms with Crippen molar-refractivity contribution < 1.29 is 9.90 Å². The number of nitrogens with zero attached hydrogens (tertiary/aromatic N) is 1. The topological polar surface area (TPSA) is 61.7 Å². The number of aliphatic imine (C=N–C) groups is 1. The number of aliphatic hydroxyl groups is 1. The number of rotatable bonds is 8. The SMILES string of the molecule is C=Nc1c(CC)cc(Cc2cc(CC)c(NC)c(CC)c2)cc1CC.C=O.CO. The summed E-state index contributed by atoms with van der Waals surface area (Å²) in [7, 11) is 3.02. The van der Waals surface area contributed by atoms with E-state index in [1.54, 1.807) is 0 Å². The highest BCUT2D eigenvalue weighted by Gasteiger charge is 2.11. The second kappa shape index (κ2) is 14.5. The zero-order valence-electron chi connectivity index (χ0n) is 19.1. The van der Waals surface area contributed by atoms with Crippen molar-refractivity contribution in [1.29, 1.82) is 0 Å². The second-order valence-corrected chi connectivity index (χ2v) is 6.55. The quantitative estimate of drug-likeness (QED) is 0.591. The lowest BCUT2D eigenvalue weighted by Gasteiger charge is -2.17. The largest absolute Gasteiger partial charge is 0.400 e. The Kier molecular flexibility index (Phi) is 13.3. The van der Waals surface area contributed by atoms with Crippen LogP contribution in [0, 0.1) is 0 Å². The third kappa shape index (κ3) is 6.82. The number of carbonyl (C=O) groups excluding carboxylic acids is 1. The molecular weight excluding hydrogens is 360 g/mol. The first-order valence-corrected chi connectivity index (χ1v) is 10.3. The molecule has 2 aromatic rings. The predicted molar refractivity (Wildman–Crippen MR) is 127 cm³/mol. The first kappa shape index (κ1) is 26.5. The van der Waals surface area contributed by atoms with Crippen molar-refractivity contribution in [3.63, 3.8) is 0 Å². The van der Waals surface area contributed by atoms with Gasteiger partial charge in [0.1, 0.15) is 6.79 Å². The molecule has 0 amide bonds. The maximum Gasteiger partial charge on any atom is 0.106 e. The standard InChI is InChI=1S/C23H32N2.CH4O.CH2O/c1-7-18-12-16(13-19(8-2)22(18)24-5)11-17-14-20(9-3)23(25-6)21(10-4)15-17;2*1-2/h12-15,25H,5,7-11H2,1-4,6H3;2H,1H3;1H2. The molecular formula is C25H38N2O2. The van der Waals surface area contributed by atoms with Crippen molar-refractivity contribution in [2.75, 3.05) is 19.5 Å². The Bertz CT molecular complexity index is 719. The number of anilines is 1. The van der Waals surface area contributed by atoms with Gasteiger partial charge < -0.3 is 15.2 Å². The Morgan fingerprint density at radius 1 is 0.793 bits per heavy atom. The fourth-order valence-electron chi connectivity index (χ4n) is 3.73. The summed E-state index contributed by atoms with van der Waals surface area (Å²) < 4.78 is 0. The van der Waals surface area contributed by atoms with Crippen LogP contribution in [0.15, 0.2) is 29.3 Å². The summed E-state index contributed by atoms with van der Waals surface area (Å²) in [6.07, 6.45) is 5.07. The Balaban J connectivity index is 0.00000184. The molecule has 29 heavy (non-hydrogen) atoms. The molecule has 4 heteroatoms. The minimum atomic E-state index is 0.974. The summed E-state index contributed by atoms with van der Waals surface area (Å²) in [5.74, 6) is 0. The van der Waals surface area contributed by atoms with E-state index >= 15 is 0 Å². The fourth-order valence-corrected chi connectivity index (χ4v) is 3.73. The van der Waals surface area contributed by atoms with Crippen molar-refractivity contribution >= 4 is 24.9 Å². The lowest BCUT2D eigenvalue weighted by Crippen LogP contribution is -2.03. The minimum Gasteiger partial charge on any atom is -0.400 e. The van der Waals surface area contributed by atoms with Crippen LogP contribution in [0.2, 0.25) is 0 Å². The van der Waals surface area contributed by atoms with Gasteiger partial charge in [0.15, 0.2) is 0 Å². The molecule has 0 unspecified atom stereocenters. The molecule has 0 atom stereocenters. The van der Waals surface area contributed by atoms with Crippen molar-refractivity contribution in [3.8, 4) is 0 Å². The van der Waals surface area contributed by atoms with E-state index in [-0.39, 0.29) is 0 Å². The highest BCUT2D eigenvalue weighted by molar-refractivity contribution is 5.61. The van der Waals surface area contributed by atoms with Gasteiger partial charge in [-0.1, -0.05) is 52.0 Å². The second-order valence-electron chi connectivity index (χ2n) is 6.55. The number of benzene rings is 2. The summed E-state index contributed by atoms with van der Waals surface area (Å²) in [4.78, 5) is 12.3. The smallest absolute Gasteiger partial charge is 0.106 e. The van der Waals surface area contributed by atoms with Crippen LogP contribution in [0.3, 0.4) is 0 Å². The normalized spacial score (nSPS) is 9.62. The van der Waals surface area contributed by atoms with Gasteiger partial charge >= 0.3 is 0 Å². The van der Waals surface area contributed by atoms with Crippen LogP contribution in [0.1, 0.15) is 61.1 Å². The van der Waals surface area contributed by atoms with E-state index < -0.39 is 0 Å². The Morgan fingerprint density at radius 3 is 1.41 bits per heavy atom. The van der Waals surface area contributed by atoms with Crippen molar-refractivity contribution in [1.82, 2.24) is 0 Å². The third-order valence-corrected chi connectivity index (χ3v) is 5.03. The van der Waals surface area contributed by atoms with Crippen molar-refractivity contribution in [2.45, 2.75) is 59.8 Å². The van der Waals surface area contributed by atoms with E-state index in [9.17, 15) is 0 Å². The number of nitrogens with one attached hydrogen (secondary N) is 1. The van der Waals surface area contributed by atoms with Crippen LogP contribution in [0.4, 0.5) is 11.4 Å². The number of aryl methyl sites for hydroxylation is 4. The van der Waals surface area contributed by atoms with Crippen molar-refractivity contribution in [3.05, 3.63) is 57.6 Å². The van der Waals surface area contributed by atoms with Crippen LogP contribution in [-0.2, 0) is 36.9 Å². The van der Waals surface area contributed by atoms with Gasteiger partial charge in [0.2, 0.25) is 0 Å². The highest BCUT2D eigenvalue weighted by Crippen LogP contribution is 2.30. The summed E-state index contributed by atoms with van der Waals surface area (Å²) in [5, 5.41) is 10.4. The van der Waals surface area contributed by atoms with E-state index in [2.05, 4.69) is 69.0 Å². The summed E-state index contributed by atoms with van der Waals surface area (Å²) in [6, 6.07) is 9.35. The molecule has 0 aliphatic heterocycles. The lowest BCUT2D eigenvalue weighted by molar-refractivity contribution is -0.0979. The van der Waals surface area contributed by atoms with E-state index in [0.29, 0.717) is 0 Å². The molecule has 0 spiro atoms. The van der Waals surface area contributed by atoms with E-state index in [1.165, 1.54) is 39.1 Å². The molecule has 0 aromatic heterocycles. The zero-order valence-corrected chi connectivity index (χ0v) is 19.1. The molecule has 160 valence electrons. The van der Waals surface area contributed by atoms with Crippen LogP contribution >= 0.6 is 0 Å². The van der Waals surface area contributed by atoms with Crippen LogP contribution in [0.5, 0.6) is 0 Å². The molecule has 0 bridgehead atoms. The lowest BCUT2D eigenvalue weighted by atomic mass is 9.92. The number of aliphatic hydroxyl groups excluding tert-OH is 1. The summed E-state index contributed by atoms with van der Waals surface area (Å²) in [6.45, 7) is 14.6.